The molecule has 0 aliphatic carbocycles. The minimum atomic E-state index is -1.20. The Labute approximate surface area is 161 Å². The number of carbonyl (C=O) groups excluding carboxylic acids is 2. The molecule has 150 valence electrons. The van der Waals surface area contributed by atoms with Gasteiger partial charge in [0.2, 0.25) is 5.91 Å². The minimum Gasteiger partial charge on any atom is -0.544 e. The number of amides is 1. The lowest BCUT2D eigenvalue weighted by Crippen LogP contribution is -3.14. The number of carboxylic acid groups (broad SMARTS) is 1. The Balaban J connectivity index is 1.73. The van der Waals surface area contributed by atoms with Gasteiger partial charge in [0.05, 0.1) is 38.7 Å². The summed E-state index contributed by atoms with van der Waals surface area (Å²) in [5.41, 5.74) is 1.87. The first-order valence-electron chi connectivity index (χ1n) is 9.81. The fourth-order valence-corrected chi connectivity index (χ4v) is 3.21. The molecule has 27 heavy (non-hydrogen) atoms. The molecule has 4 N–H and O–H groups in total. The highest BCUT2D eigenvalue weighted by Crippen LogP contribution is 2.17. The molecular weight excluding hydrogens is 346 g/mol. The van der Waals surface area contributed by atoms with E-state index >= 15 is 0 Å². The Hall–Kier alpha value is -1.96. The number of hydrogen-bond acceptors (Lipinski definition) is 4. The largest absolute Gasteiger partial charge is 0.544 e. The molecule has 7 heteroatoms. The number of morpholine rings is 1. The van der Waals surface area contributed by atoms with Crippen LogP contribution in [0, 0.1) is 0 Å². The van der Waals surface area contributed by atoms with Crippen LogP contribution in [0.25, 0.3) is 0 Å². The van der Waals surface area contributed by atoms with Gasteiger partial charge in [-0.2, -0.15) is 0 Å². The fourth-order valence-electron chi connectivity index (χ4n) is 3.21. The van der Waals surface area contributed by atoms with Crippen molar-refractivity contribution in [3.05, 3.63) is 29.8 Å². The Morgan fingerprint density at radius 3 is 2.48 bits per heavy atom. The van der Waals surface area contributed by atoms with E-state index in [0.717, 1.165) is 39.3 Å². The van der Waals surface area contributed by atoms with Crippen molar-refractivity contribution in [2.45, 2.75) is 38.6 Å². The summed E-state index contributed by atoms with van der Waals surface area (Å²) in [6.07, 6.45) is 0.802. The molecule has 0 saturated carbocycles. The summed E-state index contributed by atoms with van der Waals surface area (Å²) < 4.78 is 5.33. The zero-order valence-corrected chi connectivity index (χ0v) is 16.3. The average molecular weight is 378 g/mol. The quantitative estimate of drug-likeness (QED) is 0.415. The van der Waals surface area contributed by atoms with Gasteiger partial charge in [0.1, 0.15) is 19.1 Å². The van der Waals surface area contributed by atoms with Gasteiger partial charge in [0.15, 0.2) is 0 Å². The van der Waals surface area contributed by atoms with Crippen LogP contribution in [0.1, 0.15) is 38.2 Å². The number of nitrogens with one attached hydrogen (secondary N) is 2. The van der Waals surface area contributed by atoms with Crippen LogP contribution in [0.5, 0.6) is 0 Å². The molecule has 1 aliphatic rings. The van der Waals surface area contributed by atoms with E-state index < -0.39 is 12.0 Å². The second-order valence-electron chi connectivity index (χ2n) is 7.44. The lowest BCUT2D eigenvalue weighted by Gasteiger charge is -2.23. The number of ether oxygens (including phenoxy) is 1. The van der Waals surface area contributed by atoms with E-state index in [4.69, 9.17) is 4.74 Å². The average Bonchev–Trinajstić information content (AvgIpc) is 2.65. The Morgan fingerprint density at radius 1 is 1.22 bits per heavy atom. The number of hydrogen-bond donors (Lipinski definition) is 3. The lowest BCUT2D eigenvalue weighted by molar-refractivity contribution is -0.909. The second kappa shape index (κ2) is 11.0. The third-order valence-electron chi connectivity index (χ3n) is 4.95. The molecule has 1 saturated heterocycles. The molecule has 2 rings (SSSR count). The Bertz CT molecular complexity index is 598. The first-order chi connectivity index (χ1) is 13.0. The zero-order chi connectivity index (χ0) is 19.6. The van der Waals surface area contributed by atoms with Gasteiger partial charge in [-0.1, -0.05) is 26.0 Å². The van der Waals surface area contributed by atoms with E-state index in [2.05, 4.69) is 19.2 Å². The van der Waals surface area contributed by atoms with Crippen LogP contribution in [0.4, 0.5) is 5.69 Å². The standard InChI is InChI=1S/C20H31N3O4/c1-15(2)16-4-6-17(7-5-16)22-19(24)14-18(20(25)26)21-8-3-9-23-10-12-27-13-11-23/h4-7,15,18,21H,3,8-14H2,1-2H3,(H,22,24)(H,25,26)/p+1/t18-/m0/s1. The molecule has 1 aliphatic heterocycles. The third kappa shape index (κ3) is 7.66. The fraction of sp³-hybridized carbons (Fsp3) is 0.600. The van der Waals surface area contributed by atoms with Gasteiger partial charge < -0.3 is 30.2 Å². The van der Waals surface area contributed by atoms with Crippen LogP contribution in [-0.2, 0) is 14.3 Å². The summed E-state index contributed by atoms with van der Waals surface area (Å²) in [6.45, 7) is 9.46. The van der Waals surface area contributed by atoms with Crippen molar-refractivity contribution in [1.82, 2.24) is 0 Å². The maximum Gasteiger partial charge on any atom is 0.230 e. The van der Waals surface area contributed by atoms with Crippen LogP contribution >= 0.6 is 0 Å². The molecular formula is C20H32N3O4+. The number of anilines is 1. The predicted octanol–water partition coefficient (Wildman–Crippen LogP) is -1.87. The number of carboxylic acids is 1. The van der Waals surface area contributed by atoms with E-state index in [1.807, 2.05) is 24.3 Å². The minimum absolute atomic E-state index is 0.0985. The molecule has 1 amide bonds. The number of nitrogens with two attached hydrogens (primary N) is 1. The topological polar surface area (TPSA) is 99.5 Å². The second-order valence-corrected chi connectivity index (χ2v) is 7.44. The Kier molecular flexibility index (Phi) is 8.71. The van der Waals surface area contributed by atoms with Crippen molar-refractivity contribution in [3.63, 3.8) is 0 Å². The van der Waals surface area contributed by atoms with Crippen LogP contribution in [0.15, 0.2) is 24.3 Å². The molecule has 0 unspecified atom stereocenters. The van der Waals surface area contributed by atoms with E-state index in [9.17, 15) is 14.7 Å². The summed E-state index contributed by atoms with van der Waals surface area (Å²) >= 11 is 0. The molecule has 1 aromatic rings. The molecule has 1 aromatic carbocycles. The van der Waals surface area contributed by atoms with E-state index in [1.54, 1.807) is 5.32 Å². The SMILES string of the molecule is CC(C)c1ccc(NC(=O)C[C@H]([NH2+]CCC[NH+]2CCOCC2)C(=O)[O-])cc1. The van der Waals surface area contributed by atoms with Crippen LogP contribution in [-0.4, -0.2) is 57.3 Å². The maximum absolute atomic E-state index is 12.2. The van der Waals surface area contributed by atoms with Crippen molar-refractivity contribution in [1.29, 1.82) is 0 Å². The highest BCUT2D eigenvalue weighted by molar-refractivity contribution is 5.93. The normalized spacial score (nSPS) is 16.3. The number of benzene rings is 1. The molecule has 1 fully saturated rings. The van der Waals surface area contributed by atoms with E-state index in [-0.39, 0.29) is 12.3 Å². The summed E-state index contributed by atoms with van der Waals surface area (Å²) in [5, 5.41) is 15.8. The highest BCUT2D eigenvalue weighted by atomic mass is 16.5. The van der Waals surface area contributed by atoms with Crippen molar-refractivity contribution in [2.24, 2.45) is 0 Å². The number of quaternary nitrogens is 2. The first-order valence-corrected chi connectivity index (χ1v) is 9.81. The van der Waals surface area contributed by atoms with Gasteiger partial charge in [-0.25, -0.2) is 0 Å². The molecule has 7 nitrogen and oxygen atoms in total. The number of rotatable bonds is 10. The van der Waals surface area contributed by atoms with Gasteiger partial charge in [0.25, 0.3) is 0 Å². The summed E-state index contributed by atoms with van der Waals surface area (Å²) in [7, 11) is 0. The van der Waals surface area contributed by atoms with Gasteiger partial charge in [-0.3, -0.25) is 4.79 Å². The van der Waals surface area contributed by atoms with E-state index in [1.165, 1.54) is 10.5 Å². The smallest absolute Gasteiger partial charge is 0.230 e. The third-order valence-corrected chi connectivity index (χ3v) is 4.95. The molecule has 0 radical (unpaired) electrons. The first kappa shape index (κ1) is 21.3. The predicted molar refractivity (Wildman–Crippen MR) is 100 cm³/mol. The maximum atomic E-state index is 12.2. The van der Waals surface area contributed by atoms with E-state index in [0.29, 0.717) is 18.2 Å². The zero-order valence-electron chi connectivity index (χ0n) is 16.3. The number of aliphatic carboxylic acids is 1. The van der Waals surface area contributed by atoms with Crippen molar-refractivity contribution in [3.8, 4) is 0 Å². The molecule has 0 bridgehead atoms. The van der Waals surface area contributed by atoms with Gasteiger partial charge in [-0.05, 0) is 23.6 Å². The monoisotopic (exact) mass is 378 g/mol. The van der Waals surface area contributed by atoms with Crippen LogP contribution in [0.2, 0.25) is 0 Å². The number of carbonyl (C=O) groups is 2. The highest BCUT2D eigenvalue weighted by Gasteiger charge is 2.19. The van der Waals surface area contributed by atoms with Gasteiger partial charge in [0, 0.05) is 12.1 Å². The van der Waals surface area contributed by atoms with Crippen LogP contribution < -0.4 is 20.6 Å². The molecule has 0 aromatic heterocycles. The Morgan fingerprint density at radius 2 is 1.89 bits per heavy atom. The molecule has 0 spiro atoms. The van der Waals surface area contributed by atoms with Crippen LogP contribution in [0.3, 0.4) is 0 Å². The van der Waals surface area contributed by atoms with Crippen molar-refractivity contribution in [2.75, 3.05) is 44.7 Å². The lowest BCUT2D eigenvalue weighted by atomic mass is 10.0. The van der Waals surface area contributed by atoms with Gasteiger partial charge >= 0.3 is 0 Å². The van der Waals surface area contributed by atoms with Crippen molar-refractivity contribution < 1.29 is 29.6 Å². The van der Waals surface area contributed by atoms with Gasteiger partial charge in [-0.15, -0.1) is 0 Å². The van der Waals surface area contributed by atoms with Crippen molar-refractivity contribution >= 4 is 17.6 Å². The summed E-state index contributed by atoms with van der Waals surface area (Å²) in [4.78, 5) is 25.0. The summed E-state index contributed by atoms with van der Waals surface area (Å²) in [6, 6.07) is 6.76. The summed E-state index contributed by atoms with van der Waals surface area (Å²) in [5.74, 6) is -1.08. The molecule has 1 atom stereocenters. The molecule has 1 heterocycles.